The van der Waals surface area contributed by atoms with Crippen molar-refractivity contribution in [3.63, 3.8) is 0 Å². The highest BCUT2D eigenvalue weighted by Crippen LogP contribution is 1.97. The number of rotatable bonds is 1. The van der Waals surface area contributed by atoms with Crippen LogP contribution in [0.5, 0.6) is 0 Å². The molecule has 5 heteroatoms. The van der Waals surface area contributed by atoms with Crippen molar-refractivity contribution in [1.29, 1.82) is 0 Å². The van der Waals surface area contributed by atoms with Gasteiger partial charge in [0.2, 0.25) is 0 Å². The first-order valence-electron chi connectivity index (χ1n) is 2.81. The van der Waals surface area contributed by atoms with E-state index in [0.717, 1.165) is 5.69 Å². The lowest BCUT2D eigenvalue weighted by molar-refractivity contribution is 1.25. The largest absolute Gasteiger partial charge is 0.236 e. The van der Waals surface area contributed by atoms with Crippen LogP contribution in [0, 0.1) is 11.8 Å². The molecular weight excluding hydrogens is 160 g/mol. The third-order valence-corrected chi connectivity index (χ3v) is 1.45. The minimum atomic E-state index is 0.202. The van der Waals surface area contributed by atoms with Crippen LogP contribution in [0.15, 0.2) is 16.0 Å². The molecule has 0 N–H and O–H groups in total. The molecular formula is C6H4N4S. The molecule has 11 heavy (non-hydrogen) atoms. The second-order valence-corrected chi connectivity index (χ2v) is 2.28. The third-order valence-electron chi connectivity index (χ3n) is 0.862. The molecule has 0 fully saturated rings. The average Bonchev–Trinajstić information content (AvgIpc) is 2.50. The molecule has 0 aliphatic heterocycles. The summed E-state index contributed by atoms with van der Waals surface area (Å²) in [5.74, 6) is 5.41. The van der Waals surface area contributed by atoms with E-state index in [1.54, 1.807) is 5.51 Å². The van der Waals surface area contributed by atoms with Crippen molar-refractivity contribution in [3.05, 3.63) is 27.0 Å². The van der Waals surface area contributed by atoms with E-state index in [4.69, 9.17) is 5.53 Å². The molecule has 1 aromatic rings. The van der Waals surface area contributed by atoms with Crippen LogP contribution < -0.4 is 0 Å². The minimum absolute atomic E-state index is 0.202. The molecule has 1 aromatic heterocycles. The van der Waals surface area contributed by atoms with Gasteiger partial charge in [-0.3, -0.25) is 0 Å². The number of hydrogen-bond donors (Lipinski definition) is 0. The Morgan fingerprint density at radius 1 is 1.82 bits per heavy atom. The first-order valence-corrected chi connectivity index (χ1v) is 3.75. The summed E-state index contributed by atoms with van der Waals surface area (Å²) in [5, 5.41) is 5.09. The lowest BCUT2D eigenvalue weighted by atomic mass is 10.5. The fourth-order valence-electron chi connectivity index (χ4n) is 0.471. The van der Waals surface area contributed by atoms with Crippen LogP contribution in [0.3, 0.4) is 0 Å². The highest BCUT2D eigenvalue weighted by atomic mass is 32.1. The molecule has 0 bridgehead atoms. The normalized spacial score (nSPS) is 7.64. The van der Waals surface area contributed by atoms with Gasteiger partial charge in [0.25, 0.3) is 0 Å². The Morgan fingerprint density at radius 3 is 3.36 bits per heavy atom. The van der Waals surface area contributed by atoms with E-state index in [0.29, 0.717) is 0 Å². The first kappa shape index (κ1) is 7.61. The van der Waals surface area contributed by atoms with Gasteiger partial charge in [0.1, 0.15) is 5.69 Å². The topological polar surface area (TPSA) is 61.7 Å². The predicted molar refractivity (Wildman–Crippen MR) is 43.0 cm³/mol. The smallest absolute Gasteiger partial charge is 0.124 e. The van der Waals surface area contributed by atoms with E-state index < -0.39 is 0 Å². The van der Waals surface area contributed by atoms with Gasteiger partial charge in [0.05, 0.1) is 12.1 Å². The minimum Gasteiger partial charge on any atom is -0.236 e. The molecule has 4 nitrogen and oxygen atoms in total. The predicted octanol–water partition coefficient (Wildman–Crippen LogP) is 1.80. The number of azide groups is 1. The number of thiazole rings is 1. The van der Waals surface area contributed by atoms with Gasteiger partial charge in [0, 0.05) is 10.3 Å². The summed E-state index contributed by atoms with van der Waals surface area (Å²) in [4.78, 5) is 6.48. The molecule has 0 aliphatic carbocycles. The van der Waals surface area contributed by atoms with Gasteiger partial charge in [-0.25, -0.2) is 4.98 Å². The van der Waals surface area contributed by atoms with Crippen LogP contribution in [0.4, 0.5) is 0 Å². The van der Waals surface area contributed by atoms with Gasteiger partial charge >= 0.3 is 0 Å². The molecule has 0 aromatic carbocycles. The molecule has 1 heterocycles. The van der Waals surface area contributed by atoms with Crippen LogP contribution in [-0.4, -0.2) is 11.5 Å². The van der Waals surface area contributed by atoms with E-state index in [1.807, 2.05) is 5.38 Å². The summed E-state index contributed by atoms with van der Waals surface area (Å²) in [7, 11) is 0. The number of hydrogen-bond acceptors (Lipinski definition) is 3. The summed E-state index contributed by atoms with van der Waals surface area (Å²) in [6, 6.07) is 0. The Bertz CT molecular complexity index is 312. The zero-order valence-corrected chi connectivity index (χ0v) is 6.38. The van der Waals surface area contributed by atoms with E-state index in [2.05, 4.69) is 26.9 Å². The fourth-order valence-corrected chi connectivity index (χ4v) is 0.955. The second-order valence-electron chi connectivity index (χ2n) is 1.56. The molecule has 1 rings (SSSR count). The van der Waals surface area contributed by atoms with Crippen molar-refractivity contribution >= 4 is 11.3 Å². The third kappa shape index (κ3) is 2.72. The van der Waals surface area contributed by atoms with Crippen LogP contribution in [-0.2, 0) is 0 Å². The van der Waals surface area contributed by atoms with Crippen LogP contribution in [0.1, 0.15) is 5.69 Å². The average molecular weight is 164 g/mol. The van der Waals surface area contributed by atoms with Gasteiger partial charge in [-0.1, -0.05) is 11.0 Å². The lowest BCUT2D eigenvalue weighted by Gasteiger charge is -1.72. The molecule has 0 saturated carbocycles. The van der Waals surface area contributed by atoms with Crippen LogP contribution in [0.2, 0.25) is 0 Å². The van der Waals surface area contributed by atoms with Crippen molar-refractivity contribution < 1.29 is 0 Å². The maximum atomic E-state index is 7.90. The monoisotopic (exact) mass is 164 g/mol. The summed E-state index contributed by atoms with van der Waals surface area (Å²) in [6.07, 6.45) is 0. The van der Waals surface area contributed by atoms with E-state index in [1.165, 1.54) is 11.3 Å². The van der Waals surface area contributed by atoms with E-state index in [-0.39, 0.29) is 6.54 Å². The SMILES string of the molecule is [N-]=[N+]=NCC#Cc1cscn1. The van der Waals surface area contributed by atoms with Crippen LogP contribution in [0.25, 0.3) is 10.4 Å². The van der Waals surface area contributed by atoms with E-state index >= 15 is 0 Å². The van der Waals surface area contributed by atoms with Gasteiger partial charge in [-0.2, -0.15) is 0 Å². The highest BCUT2D eigenvalue weighted by molar-refractivity contribution is 7.07. The Kier molecular flexibility index (Phi) is 3.00. The van der Waals surface area contributed by atoms with Crippen molar-refractivity contribution in [2.24, 2.45) is 5.11 Å². The molecule has 0 atom stereocenters. The summed E-state index contributed by atoms with van der Waals surface area (Å²) in [6.45, 7) is 0.202. The standard InChI is InChI=1S/C6H4N4S/c7-10-9-3-1-2-6-4-11-5-8-6/h4-5H,3H2. The summed E-state index contributed by atoms with van der Waals surface area (Å²) < 4.78 is 0. The zero-order chi connectivity index (χ0) is 7.94. The molecule has 0 amide bonds. The van der Waals surface area contributed by atoms with E-state index in [9.17, 15) is 0 Å². The van der Waals surface area contributed by atoms with Crippen molar-refractivity contribution in [3.8, 4) is 11.8 Å². The molecule has 0 spiro atoms. The highest BCUT2D eigenvalue weighted by Gasteiger charge is 1.83. The maximum absolute atomic E-state index is 7.90. The molecule has 0 saturated heterocycles. The Balaban J connectivity index is 2.52. The Morgan fingerprint density at radius 2 is 2.73 bits per heavy atom. The Hall–Kier alpha value is -1.50. The quantitative estimate of drug-likeness (QED) is 0.270. The molecule has 54 valence electrons. The lowest BCUT2D eigenvalue weighted by Crippen LogP contribution is -1.72. The Labute approximate surface area is 67.5 Å². The molecule has 0 aliphatic rings. The first-order chi connectivity index (χ1) is 5.43. The fraction of sp³-hybridized carbons (Fsp3) is 0.167. The van der Waals surface area contributed by atoms with Gasteiger partial charge < -0.3 is 0 Å². The van der Waals surface area contributed by atoms with Crippen LogP contribution >= 0.6 is 11.3 Å². The molecule has 0 unspecified atom stereocenters. The summed E-state index contributed by atoms with van der Waals surface area (Å²) in [5.41, 5.74) is 10.3. The second kappa shape index (κ2) is 4.34. The van der Waals surface area contributed by atoms with Crippen molar-refractivity contribution in [1.82, 2.24) is 4.98 Å². The molecule has 0 radical (unpaired) electrons. The maximum Gasteiger partial charge on any atom is 0.124 e. The zero-order valence-electron chi connectivity index (χ0n) is 5.56. The summed E-state index contributed by atoms with van der Waals surface area (Å²) >= 11 is 1.49. The van der Waals surface area contributed by atoms with Gasteiger partial charge in [-0.05, 0) is 11.5 Å². The number of nitrogens with zero attached hydrogens (tertiary/aromatic N) is 4. The van der Waals surface area contributed by atoms with Crippen molar-refractivity contribution in [2.45, 2.75) is 0 Å². The van der Waals surface area contributed by atoms with Gasteiger partial charge in [0.15, 0.2) is 0 Å². The van der Waals surface area contributed by atoms with Crippen molar-refractivity contribution in [2.75, 3.05) is 6.54 Å². The number of aromatic nitrogens is 1. The van der Waals surface area contributed by atoms with Gasteiger partial charge in [-0.15, -0.1) is 11.3 Å².